The molecular formula is C21H32F2N4O3. The lowest BCUT2D eigenvalue weighted by atomic mass is 9.86. The second kappa shape index (κ2) is 9.60. The van der Waals surface area contributed by atoms with Gasteiger partial charge < -0.3 is 19.7 Å². The first-order chi connectivity index (χ1) is 14.5. The molecule has 2 saturated heterocycles. The van der Waals surface area contributed by atoms with Crippen molar-refractivity contribution in [3.63, 3.8) is 0 Å². The molecule has 0 aliphatic carbocycles. The molecule has 0 radical (unpaired) electrons. The summed E-state index contributed by atoms with van der Waals surface area (Å²) in [7, 11) is 0. The van der Waals surface area contributed by atoms with Crippen LogP contribution in [0.25, 0.3) is 0 Å². The van der Waals surface area contributed by atoms with Crippen molar-refractivity contribution in [3.05, 3.63) is 11.8 Å². The summed E-state index contributed by atoms with van der Waals surface area (Å²) in [6, 6.07) is 0.790. The number of likely N-dealkylation sites (tertiary alicyclic amines) is 1. The third-order valence-electron chi connectivity index (χ3n) is 6.47. The fourth-order valence-electron chi connectivity index (χ4n) is 4.88. The summed E-state index contributed by atoms with van der Waals surface area (Å²) < 4.78 is 40.0. The predicted octanol–water partition coefficient (Wildman–Crippen LogP) is 3.01. The summed E-state index contributed by atoms with van der Waals surface area (Å²) in [6.45, 7) is 4.35. The number of carbonyl (C=O) groups excluding carboxylic acids is 1. The number of alkyl halides is 2. The zero-order valence-corrected chi connectivity index (χ0v) is 17.6. The average molecular weight is 427 g/mol. The van der Waals surface area contributed by atoms with Crippen molar-refractivity contribution in [2.45, 2.75) is 70.1 Å². The molecule has 0 spiro atoms. The lowest BCUT2D eigenvalue weighted by Crippen LogP contribution is -2.49. The number of carbonyl (C=O) groups is 1. The zero-order chi connectivity index (χ0) is 21.1. The van der Waals surface area contributed by atoms with Crippen LogP contribution in [0.15, 0.2) is 6.07 Å². The molecule has 4 rings (SSSR count). The number of nitrogens with zero attached hydrogens (tertiary/aromatic N) is 3. The van der Waals surface area contributed by atoms with Crippen molar-refractivity contribution in [2.75, 3.05) is 38.2 Å². The summed E-state index contributed by atoms with van der Waals surface area (Å²) >= 11 is 0. The molecule has 0 saturated carbocycles. The Balaban J connectivity index is 1.31. The summed E-state index contributed by atoms with van der Waals surface area (Å²) in [5, 5.41) is 7.63. The molecule has 0 aromatic carbocycles. The Labute approximate surface area is 176 Å². The minimum atomic E-state index is -2.47. The van der Waals surface area contributed by atoms with Crippen LogP contribution in [-0.2, 0) is 14.3 Å². The second-order valence-electron chi connectivity index (χ2n) is 8.75. The van der Waals surface area contributed by atoms with Crippen molar-refractivity contribution in [3.8, 4) is 0 Å². The highest BCUT2D eigenvalue weighted by molar-refractivity contribution is 5.77. The highest BCUT2D eigenvalue weighted by Gasteiger charge is 2.38. The maximum absolute atomic E-state index is 13.7. The quantitative estimate of drug-likeness (QED) is 0.757. The van der Waals surface area contributed by atoms with Gasteiger partial charge in [0.05, 0.1) is 18.4 Å². The monoisotopic (exact) mass is 426 g/mol. The highest BCUT2D eigenvalue weighted by atomic mass is 19.3. The van der Waals surface area contributed by atoms with Gasteiger partial charge in [-0.1, -0.05) is 0 Å². The molecule has 30 heavy (non-hydrogen) atoms. The number of aromatic nitrogens is 2. The number of halogens is 2. The van der Waals surface area contributed by atoms with E-state index in [-0.39, 0.29) is 30.6 Å². The Morgan fingerprint density at radius 2 is 2.23 bits per heavy atom. The molecule has 1 aromatic rings. The van der Waals surface area contributed by atoms with E-state index in [9.17, 15) is 13.6 Å². The topological polar surface area (TPSA) is 68.6 Å². The lowest BCUT2D eigenvalue weighted by molar-refractivity contribution is -0.140. The van der Waals surface area contributed by atoms with Gasteiger partial charge in [0.2, 0.25) is 5.91 Å². The molecule has 2 fully saturated rings. The SMILES string of the molecule is Cc1cc2n(n1)[C@@H](C(F)F)C[C@@H]([C@H]1CCCN(C(=O)COC[C@@H]3CCCCO3)C1)N2. The van der Waals surface area contributed by atoms with Gasteiger partial charge >= 0.3 is 0 Å². The molecule has 4 heterocycles. The molecule has 0 bridgehead atoms. The number of piperidine rings is 1. The Bertz CT molecular complexity index is 723. The number of anilines is 1. The van der Waals surface area contributed by atoms with Crippen LogP contribution in [0.3, 0.4) is 0 Å². The summed E-state index contributed by atoms with van der Waals surface area (Å²) in [6.07, 6.45) is 2.94. The van der Waals surface area contributed by atoms with Crippen molar-refractivity contribution in [1.29, 1.82) is 0 Å². The molecule has 1 N–H and O–H groups in total. The molecule has 168 valence electrons. The van der Waals surface area contributed by atoms with Crippen LogP contribution < -0.4 is 5.32 Å². The number of aryl methyl sites for hydroxylation is 1. The van der Waals surface area contributed by atoms with E-state index in [4.69, 9.17) is 9.47 Å². The highest BCUT2D eigenvalue weighted by Crippen LogP contribution is 2.36. The molecule has 3 aliphatic heterocycles. The largest absolute Gasteiger partial charge is 0.376 e. The molecule has 0 unspecified atom stereocenters. The fourth-order valence-corrected chi connectivity index (χ4v) is 4.88. The van der Waals surface area contributed by atoms with E-state index >= 15 is 0 Å². The molecule has 9 heteroatoms. The van der Waals surface area contributed by atoms with E-state index in [1.54, 1.807) is 0 Å². The fraction of sp³-hybridized carbons (Fsp3) is 0.810. The average Bonchev–Trinajstić information content (AvgIpc) is 3.13. The van der Waals surface area contributed by atoms with Crippen molar-refractivity contribution in [2.24, 2.45) is 5.92 Å². The van der Waals surface area contributed by atoms with Gasteiger partial charge in [-0.05, 0) is 51.4 Å². The smallest absolute Gasteiger partial charge is 0.260 e. The number of hydrogen-bond donors (Lipinski definition) is 1. The van der Waals surface area contributed by atoms with Crippen LogP contribution in [0.2, 0.25) is 0 Å². The van der Waals surface area contributed by atoms with Gasteiger partial charge in [0.1, 0.15) is 18.5 Å². The number of hydrogen-bond acceptors (Lipinski definition) is 5. The maximum Gasteiger partial charge on any atom is 0.260 e. The normalized spacial score (nSPS) is 29.5. The zero-order valence-electron chi connectivity index (χ0n) is 17.6. The molecule has 3 aliphatic rings. The van der Waals surface area contributed by atoms with Gasteiger partial charge in [-0.15, -0.1) is 0 Å². The van der Waals surface area contributed by atoms with Gasteiger partial charge in [0, 0.05) is 31.8 Å². The summed E-state index contributed by atoms with van der Waals surface area (Å²) in [5.41, 5.74) is 0.725. The predicted molar refractivity (Wildman–Crippen MR) is 108 cm³/mol. The van der Waals surface area contributed by atoms with Crippen molar-refractivity contribution in [1.82, 2.24) is 14.7 Å². The Hall–Kier alpha value is -1.74. The number of rotatable bonds is 6. The molecule has 1 amide bonds. The second-order valence-corrected chi connectivity index (χ2v) is 8.75. The van der Waals surface area contributed by atoms with E-state index in [2.05, 4.69) is 10.4 Å². The van der Waals surface area contributed by atoms with Crippen LogP contribution in [-0.4, -0.2) is 72.1 Å². The number of ether oxygens (including phenoxy) is 2. The number of nitrogens with one attached hydrogen (secondary N) is 1. The van der Waals surface area contributed by atoms with E-state index < -0.39 is 12.5 Å². The number of fused-ring (bicyclic) bond motifs is 1. The van der Waals surface area contributed by atoms with Crippen LogP contribution in [0.1, 0.15) is 50.3 Å². The van der Waals surface area contributed by atoms with E-state index in [0.717, 1.165) is 44.4 Å². The Kier molecular flexibility index (Phi) is 6.87. The number of amides is 1. The third-order valence-corrected chi connectivity index (χ3v) is 6.47. The standard InChI is InChI=1S/C21H32F2N4O3/c1-14-9-19-24-17(10-18(21(22)23)27(19)25-14)15-5-4-7-26(11-15)20(28)13-29-12-16-6-2-3-8-30-16/h9,15-18,21,24H,2-8,10-13H2,1H3/t15-,16-,17-,18+/m0/s1. The first-order valence-electron chi connectivity index (χ1n) is 11.1. The van der Waals surface area contributed by atoms with Gasteiger partial charge in [-0.3, -0.25) is 4.79 Å². The van der Waals surface area contributed by atoms with E-state index in [1.165, 1.54) is 4.68 Å². The molecular weight excluding hydrogens is 394 g/mol. The van der Waals surface area contributed by atoms with Gasteiger partial charge in [0.15, 0.2) is 0 Å². The van der Waals surface area contributed by atoms with Crippen LogP contribution in [0.4, 0.5) is 14.6 Å². The van der Waals surface area contributed by atoms with E-state index in [0.29, 0.717) is 31.9 Å². The first-order valence-corrected chi connectivity index (χ1v) is 11.1. The van der Waals surface area contributed by atoms with Gasteiger partial charge in [-0.25, -0.2) is 13.5 Å². The van der Waals surface area contributed by atoms with Crippen molar-refractivity contribution >= 4 is 11.7 Å². The van der Waals surface area contributed by atoms with Crippen LogP contribution in [0.5, 0.6) is 0 Å². The summed E-state index contributed by atoms with van der Waals surface area (Å²) in [5.74, 6) is 0.750. The van der Waals surface area contributed by atoms with Crippen LogP contribution in [0, 0.1) is 12.8 Å². The third kappa shape index (κ3) is 4.94. The Morgan fingerprint density at radius 1 is 1.37 bits per heavy atom. The summed E-state index contributed by atoms with van der Waals surface area (Å²) in [4.78, 5) is 14.5. The minimum Gasteiger partial charge on any atom is -0.376 e. The maximum atomic E-state index is 13.7. The molecule has 1 aromatic heterocycles. The Morgan fingerprint density at radius 3 is 3.00 bits per heavy atom. The van der Waals surface area contributed by atoms with Gasteiger partial charge in [-0.2, -0.15) is 5.10 Å². The van der Waals surface area contributed by atoms with E-state index in [1.807, 2.05) is 17.9 Å². The minimum absolute atomic E-state index is 0.0300. The van der Waals surface area contributed by atoms with Crippen molar-refractivity contribution < 1.29 is 23.0 Å². The molecule has 4 atom stereocenters. The lowest BCUT2D eigenvalue weighted by Gasteiger charge is -2.41. The van der Waals surface area contributed by atoms with Gasteiger partial charge in [0.25, 0.3) is 6.43 Å². The first kappa shape index (κ1) is 21.5. The molecule has 7 nitrogen and oxygen atoms in total. The van der Waals surface area contributed by atoms with Crippen LogP contribution >= 0.6 is 0 Å².